The summed E-state index contributed by atoms with van der Waals surface area (Å²) in [6, 6.07) is -1.13. The fraction of sp³-hybridized carbons (Fsp3) is 0.417. The molecular formula is C24H26N12O10. The fourth-order valence-corrected chi connectivity index (χ4v) is 5.76. The molecule has 0 bridgehead atoms. The molecule has 5 aromatic rings. The second-order valence-electron chi connectivity index (χ2n) is 10.8. The molecule has 46 heavy (non-hydrogen) atoms. The highest BCUT2D eigenvalue weighted by molar-refractivity contribution is 5.75. The molecule has 12 N–H and O–H groups in total. The summed E-state index contributed by atoms with van der Waals surface area (Å²) in [5.74, 6) is -0.405. The number of aliphatic hydroxyl groups excluding tert-OH is 4. The normalized spacial score (nSPS) is 28.1. The quantitative estimate of drug-likeness (QED) is 0.0707. The lowest BCUT2D eigenvalue weighted by atomic mass is 10.0. The molecule has 4 aromatic heterocycles. The predicted octanol–water partition coefficient (Wildman–Crippen LogP) is -5.22. The highest BCUT2D eigenvalue weighted by Gasteiger charge is 2.47. The van der Waals surface area contributed by atoms with Gasteiger partial charge in [-0.1, -0.05) is 0 Å². The highest BCUT2D eigenvalue weighted by Crippen LogP contribution is 2.34. The molecule has 0 saturated carbocycles. The van der Waals surface area contributed by atoms with Crippen LogP contribution in [0.25, 0.3) is 22.3 Å². The van der Waals surface area contributed by atoms with Gasteiger partial charge in [0.05, 0.1) is 25.3 Å². The van der Waals surface area contributed by atoms with Gasteiger partial charge in [0.15, 0.2) is 34.8 Å². The zero-order valence-electron chi connectivity index (χ0n) is 23.3. The van der Waals surface area contributed by atoms with E-state index in [1.807, 2.05) is 0 Å². The Hall–Kier alpha value is -5.26. The maximum atomic E-state index is 12.6. The summed E-state index contributed by atoms with van der Waals surface area (Å²) in [5.41, 5.74) is 7.65. The van der Waals surface area contributed by atoms with Gasteiger partial charge >= 0.3 is 0 Å². The average molecular weight is 643 g/mol. The summed E-state index contributed by atoms with van der Waals surface area (Å²) in [6.07, 6.45) is -6.74. The molecule has 7 rings (SSSR count). The van der Waals surface area contributed by atoms with E-state index in [0.717, 1.165) is 0 Å². The van der Waals surface area contributed by atoms with Gasteiger partial charge in [-0.3, -0.25) is 38.3 Å². The van der Waals surface area contributed by atoms with Crippen LogP contribution < -0.4 is 44.1 Å². The average Bonchev–Trinajstić information content (AvgIpc) is 3.77. The number of H-pyrrole nitrogens is 2. The first kappa shape index (κ1) is 29.5. The number of nitrogens with zero attached hydrogens (tertiary/aromatic N) is 6. The third-order valence-electron chi connectivity index (χ3n) is 8.04. The van der Waals surface area contributed by atoms with Crippen LogP contribution in [0.15, 0.2) is 31.8 Å². The lowest BCUT2D eigenvalue weighted by Crippen LogP contribution is -2.46. The summed E-state index contributed by atoms with van der Waals surface area (Å²) in [6.45, 7) is -0.877. The Labute approximate surface area is 253 Å². The summed E-state index contributed by atoms with van der Waals surface area (Å²) < 4.78 is 14.1. The van der Waals surface area contributed by atoms with Gasteiger partial charge in [0.25, 0.3) is 22.0 Å². The summed E-state index contributed by atoms with van der Waals surface area (Å²) in [4.78, 5) is 70.0. The van der Waals surface area contributed by atoms with Gasteiger partial charge in [-0.2, -0.15) is 9.97 Å². The fourth-order valence-electron chi connectivity index (χ4n) is 5.76. The van der Waals surface area contributed by atoms with Crippen molar-refractivity contribution in [2.45, 2.75) is 49.0 Å². The van der Waals surface area contributed by atoms with Crippen molar-refractivity contribution < 1.29 is 29.9 Å². The lowest BCUT2D eigenvalue weighted by Gasteiger charge is -2.25. The second kappa shape index (κ2) is 10.7. The molecule has 2 aliphatic heterocycles. The maximum Gasteiger partial charge on any atom is 0.280 e. The van der Waals surface area contributed by atoms with Crippen molar-refractivity contribution in [2.75, 3.05) is 35.3 Å². The van der Waals surface area contributed by atoms with E-state index < -0.39 is 77.6 Å². The number of hydrogen-bond donors (Lipinski definition) is 10. The van der Waals surface area contributed by atoms with Crippen LogP contribution in [0.2, 0.25) is 0 Å². The largest absolute Gasteiger partial charge is 0.394 e. The van der Waals surface area contributed by atoms with Crippen molar-refractivity contribution in [3.63, 3.8) is 0 Å². The molecule has 0 amide bonds. The van der Waals surface area contributed by atoms with E-state index in [-0.39, 0.29) is 52.1 Å². The van der Waals surface area contributed by atoms with Gasteiger partial charge in [0, 0.05) is 6.54 Å². The number of nitrogen functional groups attached to an aromatic ring is 2. The number of nitrogens with one attached hydrogen (secondary N) is 4. The second-order valence-corrected chi connectivity index (χ2v) is 10.8. The van der Waals surface area contributed by atoms with Crippen LogP contribution in [-0.4, -0.2) is 109 Å². The van der Waals surface area contributed by atoms with Crippen LogP contribution in [0, 0.1) is 0 Å². The predicted molar refractivity (Wildman–Crippen MR) is 155 cm³/mol. The number of anilines is 4. The van der Waals surface area contributed by atoms with E-state index in [9.17, 15) is 39.6 Å². The summed E-state index contributed by atoms with van der Waals surface area (Å²) >= 11 is 0. The highest BCUT2D eigenvalue weighted by atomic mass is 16.6. The SMILES string of the molecule is Nc1nc2c(ncn2[C@@H]2O[C@H](CNc3c(N[C@H]4[C@@H](O)[C@H](n5cnc6c(=O)[nH]c(N)nc65)O[C@@H]4CO)c(=O)c3=O)[C@@H](O)[C@H]2O)c(=O)[nH]1. The van der Waals surface area contributed by atoms with E-state index in [4.69, 9.17) is 20.9 Å². The van der Waals surface area contributed by atoms with E-state index in [1.165, 1.54) is 21.8 Å². The zero-order chi connectivity index (χ0) is 32.6. The van der Waals surface area contributed by atoms with Gasteiger partial charge in [-0.15, -0.1) is 0 Å². The molecule has 1 aromatic carbocycles. The van der Waals surface area contributed by atoms with Crippen molar-refractivity contribution in [3.8, 4) is 0 Å². The van der Waals surface area contributed by atoms with Gasteiger partial charge in [0.1, 0.15) is 41.9 Å². The molecule has 2 saturated heterocycles. The minimum atomic E-state index is -1.51. The number of nitrogens with two attached hydrogens (primary N) is 2. The number of aliphatic hydroxyl groups is 4. The first-order valence-corrected chi connectivity index (χ1v) is 13.7. The Balaban J connectivity index is 1.08. The smallest absolute Gasteiger partial charge is 0.280 e. The molecule has 22 heteroatoms. The monoisotopic (exact) mass is 642 g/mol. The molecule has 2 fully saturated rings. The van der Waals surface area contributed by atoms with E-state index >= 15 is 0 Å². The number of rotatable bonds is 8. The number of aromatic amines is 2. The Kier molecular flexibility index (Phi) is 6.84. The van der Waals surface area contributed by atoms with Gasteiger partial charge in [-0.05, 0) is 0 Å². The molecule has 2 aliphatic rings. The van der Waals surface area contributed by atoms with E-state index in [0.29, 0.717) is 0 Å². The molecule has 0 radical (unpaired) electrons. The summed E-state index contributed by atoms with van der Waals surface area (Å²) in [5, 5.41) is 48.0. The molecule has 0 unspecified atom stereocenters. The number of aromatic nitrogens is 8. The van der Waals surface area contributed by atoms with Gasteiger partial charge in [0.2, 0.25) is 11.9 Å². The Morgan fingerprint density at radius 2 is 1.30 bits per heavy atom. The van der Waals surface area contributed by atoms with Gasteiger partial charge < -0.3 is 52.0 Å². The molecule has 6 heterocycles. The molecule has 0 spiro atoms. The van der Waals surface area contributed by atoms with Crippen LogP contribution in [0.5, 0.6) is 0 Å². The minimum absolute atomic E-state index is 0.00361. The zero-order valence-corrected chi connectivity index (χ0v) is 23.3. The van der Waals surface area contributed by atoms with Crippen LogP contribution in [-0.2, 0) is 9.47 Å². The third-order valence-corrected chi connectivity index (χ3v) is 8.04. The van der Waals surface area contributed by atoms with Crippen LogP contribution in [0.1, 0.15) is 12.5 Å². The molecule has 8 atom stereocenters. The van der Waals surface area contributed by atoms with Crippen molar-refractivity contribution >= 4 is 45.6 Å². The third kappa shape index (κ3) is 4.42. The number of fused-ring (bicyclic) bond motifs is 2. The van der Waals surface area contributed by atoms with Crippen molar-refractivity contribution in [1.82, 2.24) is 39.0 Å². The molecule has 22 nitrogen and oxygen atoms in total. The molecular weight excluding hydrogens is 616 g/mol. The Morgan fingerprint density at radius 1 is 0.783 bits per heavy atom. The molecule has 242 valence electrons. The van der Waals surface area contributed by atoms with Crippen LogP contribution in [0.4, 0.5) is 23.3 Å². The first-order chi connectivity index (χ1) is 22.0. The van der Waals surface area contributed by atoms with Crippen molar-refractivity contribution in [2.24, 2.45) is 0 Å². The number of hydrogen-bond acceptors (Lipinski definition) is 18. The number of ether oxygens (including phenoxy) is 2. The van der Waals surface area contributed by atoms with Crippen molar-refractivity contribution in [3.05, 3.63) is 53.8 Å². The molecule has 0 aliphatic carbocycles. The Bertz CT molecular complexity index is 2170. The minimum Gasteiger partial charge on any atom is -0.394 e. The first-order valence-electron chi connectivity index (χ1n) is 13.7. The van der Waals surface area contributed by atoms with Gasteiger partial charge in [-0.25, -0.2) is 9.97 Å². The topological polar surface area (TPSA) is 337 Å². The van der Waals surface area contributed by atoms with Crippen LogP contribution in [0.3, 0.4) is 0 Å². The van der Waals surface area contributed by atoms with Crippen LogP contribution >= 0.6 is 0 Å². The summed E-state index contributed by atoms with van der Waals surface area (Å²) in [7, 11) is 0. The van der Waals surface area contributed by atoms with E-state index in [1.54, 1.807) is 0 Å². The lowest BCUT2D eigenvalue weighted by molar-refractivity contribution is -0.0487. The van der Waals surface area contributed by atoms with E-state index in [2.05, 4.69) is 40.5 Å². The Morgan fingerprint density at radius 3 is 1.87 bits per heavy atom. The number of imidazole rings is 2. The van der Waals surface area contributed by atoms with Crippen molar-refractivity contribution in [1.29, 1.82) is 0 Å². The standard InChI is InChI=1S/C24H26N12O10/c25-23-31-17-10(19(43)33-23)28-3-35(17)21-15(41)7(6(2-37)46-21)30-9-8(13(39)14(9)40)27-1-5-12(38)16(42)22(45-5)36-4-29-11-18(36)32-24(26)34-20(11)44/h3-7,12,15-16,21-22,27,30,37-38,41-42H,1-2H2,(H3,25,31,33,43)(H3,26,32,34,44)/t5-,6-,7-,12-,15-,16-,21-,22-/m1/s1. The maximum absolute atomic E-state index is 12.6.